The molecule has 4 rings (SSSR count). The molecule has 0 aromatic rings. The molecule has 0 amide bonds. The molecule has 0 N–H and O–H groups in total. The summed E-state index contributed by atoms with van der Waals surface area (Å²) in [6.45, 7) is 9.25. The quantitative estimate of drug-likeness (QED) is 0.0693. The number of carbonyl (C=O) groups is 2. The number of allylic oxidation sites excluding steroid dienone is 1. The predicted molar refractivity (Wildman–Crippen MR) is 198 cm³/mol. The molecule has 0 unspecified atom stereocenters. The standard InChI is InChI=1S/C43H53F21O4/c1-22(2)7-6-8-23(3)27-11-12-28-26-10-9-24-21-25(15-17-32(24,4)29(26)16-18-33(27,28)5)68-31(66)14-13-30(65)67-20-19-34(44,45)35(46,47)36(48,49)37(50,51)38(52,53)39(54,55)40(56,57)41(58,59)42(60,61)43(62,63)64/h9,22-23,25-29H,6-8,10-21H2,1-5H3/t23-,25+,26+,27-,28+,29+,32+,33-/m1/s1. The summed E-state index contributed by atoms with van der Waals surface area (Å²) in [4.78, 5) is 24.7. The third kappa shape index (κ3) is 9.30. The number of hydrogen-bond acceptors (Lipinski definition) is 4. The zero-order valence-electron chi connectivity index (χ0n) is 37.3. The maximum absolute atomic E-state index is 14.3. The Hall–Kier alpha value is -2.79. The molecular weight excluding hydrogens is 979 g/mol. The number of rotatable bonds is 20. The fourth-order valence-corrected chi connectivity index (χ4v) is 11.3. The molecule has 0 spiro atoms. The van der Waals surface area contributed by atoms with Crippen molar-refractivity contribution in [3.05, 3.63) is 11.6 Å². The second-order valence-corrected chi connectivity index (χ2v) is 19.9. The zero-order valence-corrected chi connectivity index (χ0v) is 37.3. The van der Waals surface area contributed by atoms with Crippen molar-refractivity contribution >= 4 is 11.9 Å². The summed E-state index contributed by atoms with van der Waals surface area (Å²) in [6.07, 6.45) is -1.18. The molecule has 0 heterocycles. The summed E-state index contributed by atoms with van der Waals surface area (Å²) >= 11 is 0. The fraction of sp³-hybridized carbons (Fsp3) is 0.907. The monoisotopic (exact) mass is 1030 g/mol. The van der Waals surface area contributed by atoms with Gasteiger partial charge in [0.1, 0.15) is 6.10 Å². The highest BCUT2D eigenvalue weighted by atomic mass is 19.4. The van der Waals surface area contributed by atoms with Gasteiger partial charge < -0.3 is 9.47 Å². The van der Waals surface area contributed by atoms with Crippen molar-refractivity contribution in [2.45, 2.75) is 190 Å². The molecule has 4 aliphatic rings. The zero-order chi connectivity index (χ0) is 52.5. The highest BCUT2D eigenvalue weighted by Gasteiger charge is 2.97. The van der Waals surface area contributed by atoms with Crippen LogP contribution < -0.4 is 0 Å². The Morgan fingerprint density at radius 2 is 1.12 bits per heavy atom. The summed E-state index contributed by atoms with van der Waals surface area (Å²) in [7, 11) is 0. The van der Waals surface area contributed by atoms with Crippen LogP contribution in [-0.4, -0.2) is 84.1 Å². The normalized spacial score (nSPS) is 28.6. The van der Waals surface area contributed by atoms with E-state index in [9.17, 15) is 102 Å². The topological polar surface area (TPSA) is 52.6 Å². The lowest BCUT2D eigenvalue weighted by molar-refractivity contribution is -0.474. The Balaban J connectivity index is 1.32. The number of carbonyl (C=O) groups excluding carboxylic acids is 2. The first-order valence-corrected chi connectivity index (χ1v) is 22.0. The Kier molecular flexibility index (Phi) is 15.9. The molecule has 3 fully saturated rings. The van der Waals surface area contributed by atoms with Crippen LogP contribution >= 0.6 is 0 Å². The molecule has 68 heavy (non-hydrogen) atoms. The van der Waals surface area contributed by atoms with Gasteiger partial charge in [-0.2, -0.15) is 92.2 Å². The van der Waals surface area contributed by atoms with Gasteiger partial charge in [0.2, 0.25) is 0 Å². The molecule has 0 aromatic heterocycles. The number of alkyl halides is 21. The van der Waals surface area contributed by atoms with Crippen molar-refractivity contribution in [2.24, 2.45) is 46.3 Å². The first-order chi connectivity index (χ1) is 30.5. The van der Waals surface area contributed by atoms with Crippen molar-refractivity contribution in [3.63, 3.8) is 0 Å². The first-order valence-electron chi connectivity index (χ1n) is 22.0. The van der Waals surface area contributed by atoms with Crippen LogP contribution in [0.4, 0.5) is 92.2 Å². The van der Waals surface area contributed by atoms with Crippen molar-refractivity contribution < 1.29 is 111 Å². The largest absolute Gasteiger partial charge is 0.465 e. The lowest BCUT2D eigenvalue weighted by Gasteiger charge is -2.58. The minimum Gasteiger partial charge on any atom is -0.465 e. The van der Waals surface area contributed by atoms with Crippen molar-refractivity contribution in [1.82, 2.24) is 0 Å². The molecule has 0 aromatic carbocycles. The first kappa shape index (κ1) is 57.8. The van der Waals surface area contributed by atoms with Gasteiger partial charge in [0.15, 0.2) is 0 Å². The van der Waals surface area contributed by atoms with Crippen LogP contribution in [0.5, 0.6) is 0 Å². The number of esters is 2. The smallest absolute Gasteiger partial charge is 0.460 e. The number of fused-ring (bicyclic) bond motifs is 5. The van der Waals surface area contributed by atoms with Gasteiger partial charge in [0, 0.05) is 6.42 Å². The van der Waals surface area contributed by atoms with Crippen LogP contribution in [0.25, 0.3) is 0 Å². The molecule has 0 aliphatic heterocycles. The molecule has 4 aliphatic carbocycles. The summed E-state index contributed by atoms with van der Waals surface area (Å²) in [5.41, 5.74) is 1.16. The van der Waals surface area contributed by atoms with E-state index in [0.717, 1.165) is 31.3 Å². The molecule has 8 atom stereocenters. The third-order valence-corrected chi connectivity index (χ3v) is 15.3. The highest BCUT2D eigenvalue weighted by Crippen LogP contribution is 2.69. The molecule has 396 valence electrons. The van der Waals surface area contributed by atoms with E-state index in [1.165, 1.54) is 25.7 Å². The highest BCUT2D eigenvalue weighted by molar-refractivity contribution is 5.77. The molecular formula is C43H53F21O4. The van der Waals surface area contributed by atoms with Gasteiger partial charge in [0.25, 0.3) is 0 Å². The number of ether oxygens (including phenoxy) is 2. The average molecular weight is 1030 g/mol. The lowest BCUT2D eigenvalue weighted by Crippen LogP contribution is -2.76. The summed E-state index contributed by atoms with van der Waals surface area (Å²) in [5, 5.41) is 0. The summed E-state index contributed by atoms with van der Waals surface area (Å²) in [6, 6.07) is 0. The molecule has 25 heteroatoms. The van der Waals surface area contributed by atoms with Crippen LogP contribution in [0.2, 0.25) is 0 Å². The molecule has 4 nitrogen and oxygen atoms in total. The maximum Gasteiger partial charge on any atom is 0.460 e. The number of hydrogen-bond donors (Lipinski definition) is 0. The minimum absolute atomic E-state index is 0.172. The summed E-state index contributed by atoms with van der Waals surface area (Å²) < 4.78 is 296. The van der Waals surface area contributed by atoms with E-state index < -0.39 is 103 Å². The van der Waals surface area contributed by atoms with Gasteiger partial charge >= 0.3 is 71.4 Å². The average Bonchev–Trinajstić information content (AvgIpc) is 3.56. The second kappa shape index (κ2) is 18.7. The SMILES string of the molecule is CC(C)CCC[C@@H](C)[C@H]1CC[C@H]2[C@@H]3CC=C4C[C@@H](OC(=O)CCC(=O)OCCC(F)(F)C(F)(F)C(F)(F)C(F)(F)C(F)(F)C(F)(F)C(F)(F)C(F)(F)C(F)(F)C(F)(F)F)CC[C@]4(C)[C@H]3CC[C@]12C. The van der Waals surface area contributed by atoms with E-state index in [1.54, 1.807) is 0 Å². The molecule has 0 saturated heterocycles. The molecule has 0 radical (unpaired) electrons. The Labute approximate surface area is 377 Å². The van der Waals surface area contributed by atoms with E-state index >= 15 is 0 Å². The fourth-order valence-electron chi connectivity index (χ4n) is 11.3. The third-order valence-electron chi connectivity index (χ3n) is 15.3. The van der Waals surface area contributed by atoms with Crippen LogP contribution in [0.1, 0.15) is 125 Å². The van der Waals surface area contributed by atoms with E-state index in [4.69, 9.17) is 4.74 Å². The van der Waals surface area contributed by atoms with Gasteiger partial charge in [-0.05, 0) is 91.3 Å². The van der Waals surface area contributed by atoms with Crippen molar-refractivity contribution in [1.29, 1.82) is 0 Å². The van der Waals surface area contributed by atoms with Gasteiger partial charge in [-0.3, -0.25) is 9.59 Å². The van der Waals surface area contributed by atoms with Crippen LogP contribution in [0.3, 0.4) is 0 Å². The van der Waals surface area contributed by atoms with E-state index in [1.807, 2.05) is 0 Å². The second-order valence-electron chi connectivity index (χ2n) is 19.9. The van der Waals surface area contributed by atoms with Gasteiger partial charge in [-0.25, -0.2) is 0 Å². The molecule has 3 saturated carbocycles. The van der Waals surface area contributed by atoms with Gasteiger partial charge in [-0.15, -0.1) is 0 Å². The Bertz CT molecular complexity index is 1840. The lowest BCUT2D eigenvalue weighted by atomic mass is 9.47. The maximum atomic E-state index is 14.3. The van der Waals surface area contributed by atoms with Gasteiger partial charge in [0.05, 0.1) is 25.9 Å². The van der Waals surface area contributed by atoms with Crippen LogP contribution in [-0.2, 0) is 19.1 Å². The molecule has 0 bridgehead atoms. The predicted octanol–water partition coefficient (Wildman–Crippen LogP) is 14.9. The van der Waals surface area contributed by atoms with E-state index in [0.29, 0.717) is 54.8 Å². The van der Waals surface area contributed by atoms with E-state index in [-0.39, 0.29) is 10.8 Å². The van der Waals surface area contributed by atoms with Crippen LogP contribution in [0.15, 0.2) is 11.6 Å². The number of halogens is 21. The van der Waals surface area contributed by atoms with Gasteiger partial charge in [-0.1, -0.05) is 65.5 Å². The van der Waals surface area contributed by atoms with E-state index in [2.05, 4.69) is 45.4 Å². The van der Waals surface area contributed by atoms with Crippen molar-refractivity contribution in [3.8, 4) is 0 Å². The van der Waals surface area contributed by atoms with Crippen molar-refractivity contribution in [2.75, 3.05) is 6.61 Å². The van der Waals surface area contributed by atoms with Crippen LogP contribution in [0, 0.1) is 46.3 Å². The summed E-state index contributed by atoms with van der Waals surface area (Å²) in [5.74, 6) is -77.4. The Morgan fingerprint density at radius 3 is 1.63 bits per heavy atom. The minimum atomic E-state index is -9.26. The Morgan fingerprint density at radius 1 is 0.618 bits per heavy atom.